The van der Waals surface area contributed by atoms with Gasteiger partial charge >= 0.3 is 0 Å². The first-order valence-corrected chi connectivity index (χ1v) is 16.3. The Hall–Kier alpha value is -7.39. The second-order valence-corrected chi connectivity index (χ2v) is 12.3. The van der Waals surface area contributed by atoms with Gasteiger partial charge in [0.1, 0.15) is 0 Å². The Kier molecular flexibility index (Phi) is 6.56. The lowest BCUT2D eigenvalue weighted by molar-refractivity contribution is 1.18. The van der Waals surface area contributed by atoms with Crippen LogP contribution in [0.2, 0.25) is 0 Å². The van der Waals surface area contributed by atoms with Gasteiger partial charge in [0.2, 0.25) is 0 Å². The summed E-state index contributed by atoms with van der Waals surface area (Å²) in [6.07, 6.45) is 0. The van der Waals surface area contributed by atoms with Crippen molar-refractivity contribution in [3.63, 3.8) is 0 Å². The molecule has 9 aromatic rings. The molecule has 0 unspecified atom stereocenters. The third-order valence-electron chi connectivity index (χ3n) is 9.58. The van der Waals surface area contributed by atoms with E-state index in [4.69, 9.17) is 6.57 Å². The molecule has 0 aliphatic carbocycles. The maximum absolute atomic E-state index is 10.6. The smallest absolute Gasteiger partial charge is 0.189 e. The van der Waals surface area contributed by atoms with Crippen molar-refractivity contribution in [1.29, 1.82) is 10.5 Å². The first kappa shape index (κ1) is 28.8. The number of para-hydroxylation sites is 4. The van der Waals surface area contributed by atoms with Crippen molar-refractivity contribution in [1.82, 2.24) is 9.13 Å². The fourth-order valence-electron chi connectivity index (χ4n) is 7.51. The SMILES string of the molecule is [C-]#[N+]c1cc(-c2c(C#N)cccc2-c2ccccc2-n2c3ccccc3c3ccccc32)cc(-n2c3ccccc3c3cc(C#N)ccc32)c1. The molecule has 0 fully saturated rings. The number of fused-ring (bicyclic) bond motifs is 6. The van der Waals surface area contributed by atoms with E-state index in [9.17, 15) is 10.5 Å². The van der Waals surface area contributed by atoms with Crippen molar-refractivity contribution >= 4 is 49.3 Å². The van der Waals surface area contributed by atoms with E-state index < -0.39 is 0 Å². The molecule has 9 rings (SSSR count). The highest BCUT2D eigenvalue weighted by molar-refractivity contribution is 6.11. The summed E-state index contributed by atoms with van der Waals surface area (Å²) in [5.41, 5.74) is 10.9. The molecular formula is C45H25N5. The van der Waals surface area contributed by atoms with Crippen molar-refractivity contribution in [3.05, 3.63) is 174 Å². The number of aromatic nitrogens is 2. The topological polar surface area (TPSA) is 61.8 Å². The highest BCUT2D eigenvalue weighted by atomic mass is 15.0. The first-order valence-electron chi connectivity index (χ1n) is 16.3. The van der Waals surface area contributed by atoms with Gasteiger partial charge in [-0.25, -0.2) is 4.85 Å². The fraction of sp³-hybridized carbons (Fsp3) is 0. The molecule has 0 radical (unpaired) electrons. The molecule has 0 saturated carbocycles. The Morgan fingerprint density at radius 3 is 1.78 bits per heavy atom. The second kappa shape index (κ2) is 11.4. The zero-order chi connectivity index (χ0) is 33.8. The predicted octanol–water partition coefficient (Wildman–Crippen LogP) is 11.5. The number of rotatable bonds is 4. The third kappa shape index (κ3) is 4.31. The molecule has 0 saturated heterocycles. The van der Waals surface area contributed by atoms with Gasteiger partial charge in [0.15, 0.2) is 5.69 Å². The normalized spacial score (nSPS) is 11.1. The summed E-state index contributed by atoms with van der Waals surface area (Å²) in [7, 11) is 0. The van der Waals surface area contributed by atoms with Crippen LogP contribution >= 0.6 is 0 Å². The predicted molar refractivity (Wildman–Crippen MR) is 202 cm³/mol. The van der Waals surface area contributed by atoms with Crippen LogP contribution in [0.3, 0.4) is 0 Å². The molecule has 0 spiro atoms. The van der Waals surface area contributed by atoms with Crippen LogP contribution in [0.15, 0.2) is 152 Å². The minimum atomic E-state index is 0.464. The molecule has 0 aliphatic rings. The quantitative estimate of drug-likeness (QED) is 0.181. The standard InChI is InChI=1S/C45H25N5/c1-48-32-24-31(25-33(26-32)49-40-17-6-5-15-37(40)39-23-29(27-46)21-22-44(39)49)45-30(28-47)11-10-16-38(45)36-14-4-9-20-43(36)50-41-18-7-2-12-34(41)35-13-3-8-19-42(35)50/h2-26H. The van der Waals surface area contributed by atoms with Crippen LogP contribution in [-0.2, 0) is 0 Å². The molecule has 2 aromatic heterocycles. The lowest BCUT2D eigenvalue weighted by Gasteiger charge is -2.19. The average Bonchev–Trinajstić information content (AvgIpc) is 3.70. The Balaban J connectivity index is 1.33. The number of nitrogens with zero attached hydrogens (tertiary/aromatic N) is 5. The molecule has 230 valence electrons. The molecule has 0 bridgehead atoms. The van der Waals surface area contributed by atoms with Crippen molar-refractivity contribution in [3.8, 4) is 45.8 Å². The van der Waals surface area contributed by atoms with Crippen LogP contribution in [-0.4, -0.2) is 9.13 Å². The Morgan fingerprint density at radius 1 is 0.500 bits per heavy atom. The molecule has 2 heterocycles. The van der Waals surface area contributed by atoms with Gasteiger partial charge in [-0.1, -0.05) is 84.9 Å². The maximum atomic E-state index is 10.6. The van der Waals surface area contributed by atoms with E-state index in [1.807, 2.05) is 66.7 Å². The lowest BCUT2D eigenvalue weighted by atomic mass is 9.89. The lowest BCUT2D eigenvalue weighted by Crippen LogP contribution is -1.99. The minimum absolute atomic E-state index is 0.464. The van der Waals surface area contributed by atoms with E-state index in [-0.39, 0.29) is 0 Å². The summed E-state index contributed by atoms with van der Waals surface area (Å²) in [6, 6.07) is 55.4. The molecule has 7 aromatic carbocycles. The van der Waals surface area contributed by atoms with Crippen LogP contribution in [0, 0.1) is 29.2 Å². The van der Waals surface area contributed by atoms with Gasteiger partial charge in [-0.15, -0.1) is 0 Å². The van der Waals surface area contributed by atoms with Gasteiger partial charge in [-0.2, -0.15) is 10.5 Å². The molecule has 0 aliphatic heterocycles. The zero-order valence-electron chi connectivity index (χ0n) is 26.7. The molecule has 0 N–H and O–H groups in total. The van der Waals surface area contributed by atoms with Crippen LogP contribution < -0.4 is 0 Å². The molecule has 50 heavy (non-hydrogen) atoms. The molecule has 5 nitrogen and oxygen atoms in total. The van der Waals surface area contributed by atoms with Gasteiger partial charge < -0.3 is 9.13 Å². The Bertz CT molecular complexity index is 2920. The Morgan fingerprint density at radius 2 is 1.10 bits per heavy atom. The van der Waals surface area contributed by atoms with E-state index in [0.29, 0.717) is 16.8 Å². The molecule has 0 amide bonds. The van der Waals surface area contributed by atoms with Gasteiger partial charge in [-0.05, 0) is 77.9 Å². The second-order valence-electron chi connectivity index (χ2n) is 12.3. The van der Waals surface area contributed by atoms with Gasteiger partial charge in [0.25, 0.3) is 0 Å². The number of benzene rings is 7. The summed E-state index contributed by atoms with van der Waals surface area (Å²) in [5.74, 6) is 0. The molecule has 0 atom stereocenters. The average molecular weight is 636 g/mol. The number of hydrogen-bond acceptors (Lipinski definition) is 2. The van der Waals surface area contributed by atoms with Gasteiger partial charge in [0, 0.05) is 38.4 Å². The summed E-state index contributed by atoms with van der Waals surface area (Å²) in [4.78, 5) is 3.91. The van der Waals surface area contributed by atoms with Gasteiger partial charge in [0.05, 0.1) is 57.6 Å². The highest BCUT2D eigenvalue weighted by Crippen LogP contribution is 2.43. The maximum Gasteiger partial charge on any atom is 0.189 e. The van der Waals surface area contributed by atoms with Crippen molar-refractivity contribution in [2.45, 2.75) is 0 Å². The van der Waals surface area contributed by atoms with Crippen LogP contribution in [0.1, 0.15) is 11.1 Å². The largest absolute Gasteiger partial charge is 0.310 e. The number of nitriles is 2. The van der Waals surface area contributed by atoms with E-state index in [1.54, 1.807) is 0 Å². The molecular weight excluding hydrogens is 611 g/mol. The van der Waals surface area contributed by atoms with Crippen LogP contribution in [0.4, 0.5) is 5.69 Å². The highest BCUT2D eigenvalue weighted by Gasteiger charge is 2.21. The van der Waals surface area contributed by atoms with E-state index in [2.05, 4.69) is 111 Å². The monoisotopic (exact) mass is 635 g/mol. The first-order chi connectivity index (χ1) is 24.7. The summed E-state index contributed by atoms with van der Waals surface area (Å²) in [5, 5.41) is 24.5. The third-order valence-corrected chi connectivity index (χ3v) is 9.58. The zero-order valence-corrected chi connectivity index (χ0v) is 26.7. The number of hydrogen-bond donors (Lipinski definition) is 0. The summed E-state index contributed by atoms with van der Waals surface area (Å²) >= 11 is 0. The van der Waals surface area contributed by atoms with Crippen molar-refractivity contribution < 1.29 is 0 Å². The van der Waals surface area contributed by atoms with Crippen LogP contribution in [0.5, 0.6) is 0 Å². The van der Waals surface area contributed by atoms with Gasteiger partial charge in [-0.3, -0.25) is 0 Å². The van der Waals surface area contributed by atoms with E-state index in [0.717, 1.165) is 66.5 Å². The van der Waals surface area contributed by atoms with E-state index >= 15 is 0 Å². The van der Waals surface area contributed by atoms with Crippen molar-refractivity contribution in [2.24, 2.45) is 0 Å². The van der Waals surface area contributed by atoms with Crippen molar-refractivity contribution in [2.75, 3.05) is 0 Å². The molecule has 5 heteroatoms. The fourth-order valence-corrected chi connectivity index (χ4v) is 7.51. The van der Waals surface area contributed by atoms with E-state index in [1.165, 1.54) is 10.8 Å². The van der Waals surface area contributed by atoms with Crippen LogP contribution in [0.25, 0.3) is 82.1 Å². The Labute approximate surface area is 288 Å². The summed E-state index contributed by atoms with van der Waals surface area (Å²) < 4.78 is 4.45. The minimum Gasteiger partial charge on any atom is -0.310 e. The summed E-state index contributed by atoms with van der Waals surface area (Å²) in [6.45, 7) is 8.11.